The molecule has 4 rings (SSSR count). The van der Waals surface area contributed by atoms with E-state index in [2.05, 4.69) is 15.2 Å². The predicted octanol–water partition coefficient (Wildman–Crippen LogP) is 1.40. The second kappa shape index (κ2) is 5.48. The van der Waals surface area contributed by atoms with Crippen molar-refractivity contribution >= 4 is 11.9 Å². The van der Waals surface area contributed by atoms with Crippen LogP contribution in [-0.2, 0) is 11.2 Å². The minimum atomic E-state index is -0.946. The molecule has 1 aromatic carbocycles. The topological polar surface area (TPSA) is 112 Å². The van der Waals surface area contributed by atoms with Crippen LogP contribution in [0.1, 0.15) is 29.8 Å². The highest BCUT2D eigenvalue weighted by Crippen LogP contribution is 2.37. The minimum Gasteiger partial charge on any atom is -0.480 e. The van der Waals surface area contributed by atoms with E-state index in [4.69, 9.17) is 5.73 Å². The highest BCUT2D eigenvalue weighted by atomic mass is 16.4. The number of carboxylic acids is 1. The summed E-state index contributed by atoms with van der Waals surface area (Å²) in [6.45, 7) is 0. The van der Waals surface area contributed by atoms with Crippen LogP contribution < -0.4 is 5.73 Å². The predicted molar refractivity (Wildman–Crippen MR) is 85.7 cm³/mol. The van der Waals surface area contributed by atoms with Gasteiger partial charge in [-0.3, -0.25) is 0 Å². The summed E-state index contributed by atoms with van der Waals surface area (Å²) < 4.78 is 3.19. The van der Waals surface area contributed by atoms with Gasteiger partial charge in [0.05, 0.1) is 11.9 Å². The van der Waals surface area contributed by atoms with E-state index in [0.717, 1.165) is 11.3 Å². The van der Waals surface area contributed by atoms with E-state index >= 15 is 0 Å². The number of carbonyl (C=O) groups is 1. The molecule has 0 bridgehead atoms. The molecule has 3 heterocycles. The zero-order valence-corrected chi connectivity index (χ0v) is 12.8. The van der Waals surface area contributed by atoms with Gasteiger partial charge < -0.3 is 10.8 Å². The second-order valence-corrected chi connectivity index (χ2v) is 5.81. The van der Waals surface area contributed by atoms with Gasteiger partial charge in [-0.05, 0) is 24.1 Å². The summed E-state index contributed by atoms with van der Waals surface area (Å²) in [5.41, 5.74) is 7.43. The molecule has 1 aliphatic heterocycles. The van der Waals surface area contributed by atoms with Crippen LogP contribution in [0.15, 0.2) is 42.7 Å². The summed E-state index contributed by atoms with van der Waals surface area (Å²) in [7, 11) is 0. The van der Waals surface area contributed by atoms with Crippen molar-refractivity contribution in [1.29, 1.82) is 0 Å². The minimum absolute atomic E-state index is 0.108. The fourth-order valence-electron chi connectivity index (χ4n) is 3.26. The zero-order valence-electron chi connectivity index (χ0n) is 12.8. The molecule has 8 nitrogen and oxygen atoms in total. The number of para-hydroxylation sites is 1. The van der Waals surface area contributed by atoms with E-state index in [1.54, 1.807) is 10.9 Å². The van der Waals surface area contributed by atoms with Crippen LogP contribution in [0.4, 0.5) is 5.95 Å². The number of aromatic nitrogens is 5. The Hall–Kier alpha value is -3.16. The number of hydrogen-bond donors (Lipinski definition) is 2. The van der Waals surface area contributed by atoms with Crippen LogP contribution >= 0.6 is 0 Å². The molecule has 0 saturated carbocycles. The molecule has 3 aromatic rings. The third kappa shape index (κ3) is 2.32. The van der Waals surface area contributed by atoms with E-state index < -0.39 is 12.0 Å². The second-order valence-electron chi connectivity index (χ2n) is 5.81. The van der Waals surface area contributed by atoms with Gasteiger partial charge in [0.2, 0.25) is 5.95 Å². The fraction of sp³-hybridized carbons (Fsp3) is 0.250. The number of aryl methyl sites for hydroxylation is 1. The molecule has 0 amide bonds. The van der Waals surface area contributed by atoms with Crippen molar-refractivity contribution < 1.29 is 9.90 Å². The lowest BCUT2D eigenvalue weighted by atomic mass is 9.86. The van der Waals surface area contributed by atoms with Crippen molar-refractivity contribution in [1.82, 2.24) is 24.5 Å². The number of rotatable bonds is 3. The van der Waals surface area contributed by atoms with Gasteiger partial charge in [-0.2, -0.15) is 10.1 Å². The Morgan fingerprint density at radius 1 is 1.29 bits per heavy atom. The fourth-order valence-corrected chi connectivity index (χ4v) is 3.26. The van der Waals surface area contributed by atoms with E-state index in [1.807, 2.05) is 36.5 Å². The lowest BCUT2D eigenvalue weighted by Gasteiger charge is -2.28. The van der Waals surface area contributed by atoms with Crippen molar-refractivity contribution in [2.24, 2.45) is 0 Å². The highest BCUT2D eigenvalue weighted by molar-refractivity contribution is 5.73. The molecule has 1 aliphatic rings. The van der Waals surface area contributed by atoms with E-state index in [-0.39, 0.29) is 11.9 Å². The van der Waals surface area contributed by atoms with E-state index in [0.29, 0.717) is 18.7 Å². The first kappa shape index (κ1) is 14.4. The van der Waals surface area contributed by atoms with Gasteiger partial charge in [-0.15, -0.1) is 5.10 Å². The van der Waals surface area contributed by atoms with Crippen LogP contribution in [0.5, 0.6) is 0 Å². The molecule has 2 atom stereocenters. The number of nitrogens with two attached hydrogens (primary N) is 1. The number of nitrogens with zero attached hydrogens (tertiary/aromatic N) is 5. The Kier molecular flexibility index (Phi) is 3.30. The summed E-state index contributed by atoms with van der Waals surface area (Å²) in [6, 6.07) is 8.87. The summed E-state index contributed by atoms with van der Waals surface area (Å²) in [4.78, 5) is 15.9. The number of anilines is 1. The van der Waals surface area contributed by atoms with Gasteiger partial charge in [0.1, 0.15) is 5.82 Å². The van der Waals surface area contributed by atoms with Crippen molar-refractivity contribution in [3.8, 4) is 5.69 Å². The van der Waals surface area contributed by atoms with Gasteiger partial charge >= 0.3 is 5.97 Å². The standard InChI is InChI=1S/C16H16N6O2/c17-16-19-13-7-6-12(14(15(23)24)22(13)20-16)10-8-18-21(9-10)11-4-2-1-3-5-11/h1-5,8-9,12,14H,6-7H2,(H2,17,20)(H,23,24). The summed E-state index contributed by atoms with van der Waals surface area (Å²) in [5, 5.41) is 18.1. The molecule has 2 unspecified atom stereocenters. The molecule has 0 saturated heterocycles. The summed E-state index contributed by atoms with van der Waals surface area (Å²) >= 11 is 0. The molecule has 0 aliphatic carbocycles. The Labute approximate surface area is 137 Å². The lowest BCUT2D eigenvalue weighted by Crippen LogP contribution is -2.32. The van der Waals surface area contributed by atoms with Crippen molar-refractivity contribution in [3.05, 3.63) is 54.1 Å². The van der Waals surface area contributed by atoms with Gasteiger partial charge in [-0.1, -0.05) is 18.2 Å². The van der Waals surface area contributed by atoms with Crippen molar-refractivity contribution in [3.63, 3.8) is 0 Å². The average molecular weight is 324 g/mol. The molecule has 0 fully saturated rings. The van der Waals surface area contributed by atoms with Crippen LogP contribution in [-0.4, -0.2) is 35.6 Å². The molecular weight excluding hydrogens is 308 g/mol. The van der Waals surface area contributed by atoms with E-state index in [1.165, 1.54) is 4.68 Å². The van der Waals surface area contributed by atoms with E-state index in [9.17, 15) is 9.90 Å². The Morgan fingerprint density at radius 2 is 2.08 bits per heavy atom. The maximum atomic E-state index is 11.8. The van der Waals surface area contributed by atoms with Gasteiger partial charge in [-0.25, -0.2) is 14.2 Å². The average Bonchev–Trinajstić information content (AvgIpc) is 3.20. The van der Waals surface area contributed by atoms with Gasteiger partial charge in [0.15, 0.2) is 6.04 Å². The first-order valence-electron chi connectivity index (χ1n) is 7.67. The normalized spacial score (nSPS) is 19.8. The molecule has 0 radical (unpaired) electrons. The number of carboxylic acid groups (broad SMARTS) is 1. The third-order valence-electron chi connectivity index (χ3n) is 4.35. The maximum Gasteiger partial charge on any atom is 0.329 e. The largest absolute Gasteiger partial charge is 0.480 e. The molecule has 3 N–H and O–H groups in total. The summed E-state index contributed by atoms with van der Waals surface area (Å²) in [5.74, 6) is -0.449. The monoisotopic (exact) mass is 324 g/mol. The number of aliphatic carboxylic acids is 1. The van der Waals surface area contributed by atoms with Crippen LogP contribution in [0.2, 0.25) is 0 Å². The smallest absolute Gasteiger partial charge is 0.329 e. The van der Waals surface area contributed by atoms with Crippen molar-refractivity contribution in [2.75, 3.05) is 5.73 Å². The molecule has 2 aromatic heterocycles. The van der Waals surface area contributed by atoms with Crippen LogP contribution in [0.3, 0.4) is 0 Å². The maximum absolute atomic E-state index is 11.8. The van der Waals surface area contributed by atoms with Crippen molar-refractivity contribution in [2.45, 2.75) is 24.8 Å². The third-order valence-corrected chi connectivity index (χ3v) is 4.35. The Morgan fingerprint density at radius 3 is 2.83 bits per heavy atom. The molecular formula is C16H16N6O2. The summed E-state index contributed by atoms with van der Waals surface area (Å²) in [6.07, 6.45) is 4.89. The van der Waals surface area contributed by atoms with Crippen LogP contribution in [0.25, 0.3) is 5.69 Å². The lowest BCUT2D eigenvalue weighted by molar-refractivity contribution is -0.142. The Balaban J connectivity index is 1.71. The Bertz CT molecular complexity index is 885. The highest BCUT2D eigenvalue weighted by Gasteiger charge is 2.38. The number of nitrogen functional groups attached to an aromatic ring is 1. The quantitative estimate of drug-likeness (QED) is 0.753. The molecule has 8 heteroatoms. The molecule has 122 valence electrons. The first-order valence-corrected chi connectivity index (χ1v) is 7.67. The first-order chi connectivity index (χ1) is 11.6. The van der Waals surface area contributed by atoms with Crippen LogP contribution in [0, 0.1) is 0 Å². The SMILES string of the molecule is Nc1nc2n(n1)C(C(=O)O)C(c1cnn(-c3ccccc3)c1)CC2. The van der Waals surface area contributed by atoms with Gasteiger partial charge in [0, 0.05) is 18.5 Å². The molecule has 0 spiro atoms. The van der Waals surface area contributed by atoms with Gasteiger partial charge in [0.25, 0.3) is 0 Å². The molecule has 24 heavy (non-hydrogen) atoms. The zero-order chi connectivity index (χ0) is 16.7. The number of hydrogen-bond acceptors (Lipinski definition) is 5. The number of fused-ring (bicyclic) bond motifs is 1. The number of benzene rings is 1.